The standard InChI is InChI=1S/C12H14N2O4/c1-7(11(13)16)18-12(17)9-4-3-5-10(6-9)14-8(2)15/h3-7H,1-2H3,(H2,13,16)(H,14,15)/t7-/m1/s1. The van der Waals surface area contributed by atoms with Gasteiger partial charge in [-0.15, -0.1) is 0 Å². The summed E-state index contributed by atoms with van der Waals surface area (Å²) >= 11 is 0. The fourth-order valence-corrected chi connectivity index (χ4v) is 1.21. The Morgan fingerprint density at radius 2 is 2.00 bits per heavy atom. The van der Waals surface area contributed by atoms with Gasteiger partial charge in [-0.3, -0.25) is 9.59 Å². The zero-order valence-corrected chi connectivity index (χ0v) is 10.1. The number of carbonyl (C=O) groups is 3. The second-order valence-corrected chi connectivity index (χ2v) is 3.71. The van der Waals surface area contributed by atoms with Crippen LogP contribution in [0.3, 0.4) is 0 Å². The van der Waals surface area contributed by atoms with Gasteiger partial charge in [-0.25, -0.2) is 4.79 Å². The number of amides is 2. The minimum Gasteiger partial charge on any atom is -0.449 e. The van der Waals surface area contributed by atoms with E-state index in [2.05, 4.69) is 5.32 Å². The van der Waals surface area contributed by atoms with Crippen molar-refractivity contribution in [2.24, 2.45) is 5.73 Å². The summed E-state index contributed by atoms with van der Waals surface area (Å²) in [7, 11) is 0. The van der Waals surface area contributed by atoms with Gasteiger partial charge in [-0.1, -0.05) is 6.07 Å². The highest BCUT2D eigenvalue weighted by atomic mass is 16.5. The van der Waals surface area contributed by atoms with E-state index in [0.29, 0.717) is 5.69 Å². The number of benzene rings is 1. The van der Waals surface area contributed by atoms with Crippen molar-refractivity contribution in [1.29, 1.82) is 0 Å². The van der Waals surface area contributed by atoms with E-state index in [1.54, 1.807) is 12.1 Å². The highest BCUT2D eigenvalue weighted by molar-refractivity contribution is 5.94. The summed E-state index contributed by atoms with van der Waals surface area (Å²) in [6.07, 6.45) is -0.998. The van der Waals surface area contributed by atoms with Gasteiger partial charge >= 0.3 is 5.97 Å². The summed E-state index contributed by atoms with van der Waals surface area (Å²) in [5.41, 5.74) is 5.69. The van der Waals surface area contributed by atoms with Gasteiger partial charge in [0.2, 0.25) is 5.91 Å². The molecule has 6 heteroatoms. The maximum absolute atomic E-state index is 11.7. The van der Waals surface area contributed by atoms with E-state index in [1.807, 2.05) is 0 Å². The topological polar surface area (TPSA) is 98.5 Å². The van der Waals surface area contributed by atoms with Gasteiger partial charge in [0.05, 0.1) is 5.56 Å². The number of nitrogens with two attached hydrogens (primary N) is 1. The van der Waals surface area contributed by atoms with Crippen LogP contribution in [0.5, 0.6) is 0 Å². The largest absolute Gasteiger partial charge is 0.449 e. The molecule has 0 fully saturated rings. The maximum atomic E-state index is 11.7. The molecule has 1 rings (SSSR count). The lowest BCUT2D eigenvalue weighted by Gasteiger charge is -2.10. The van der Waals surface area contributed by atoms with Crippen LogP contribution in [0.15, 0.2) is 24.3 Å². The van der Waals surface area contributed by atoms with E-state index in [4.69, 9.17) is 10.5 Å². The lowest BCUT2D eigenvalue weighted by Crippen LogP contribution is -2.30. The quantitative estimate of drug-likeness (QED) is 0.767. The van der Waals surface area contributed by atoms with Crippen LogP contribution in [0.4, 0.5) is 5.69 Å². The number of ether oxygens (including phenoxy) is 1. The Labute approximate surface area is 104 Å². The minimum absolute atomic E-state index is 0.231. The van der Waals surface area contributed by atoms with E-state index < -0.39 is 18.0 Å². The van der Waals surface area contributed by atoms with Crippen LogP contribution in [0, 0.1) is 0 Å². The molecule has 1 aromatic carbocycles. The van der Waals surface area contributed by atoms with E-state index in [9.17, 15) is 14.4 Å². The smallest absolute Gasteiger partial charge is 0.338 e. The Bertz CT molecular complexity index is 485. The molecule has 2 amide bonds. The van der Waals surface area contributed by atoms with Gasteiger partial charge in [0, 0.05) is 12.6 Å². The summed E-state index contributed by atoms with van der Waals surface area (Å²) in [6.45, 7) is 2.75. The highest BCUT2D eigenvalue weighted by Crippen LogP contribution is 2.12. The summed E-state index contributed by atoms with van der Waals surface area (Å²) in [5, 5.41) is 2.54. The van der Waals surface area contributed by atoms with Crippen LogP contribution < -0.4 is 11.1 Å². The summed E-state index contributed by atoms with van der Waals surface area (Å²) in [6, 6.07) is 6.20. The average molecular weight is 250 g/mol. The Balaban J connectivity index is 2.80. The van der Waals surface area contributed by atoms with Crippen molar-refractivity contribution in [1.82, 2.24) is 0 Å². The van der Waals surface area contributed by atoms with Gasteiger partial charge in [-0.2, -0.15) is 0 Å². The molecule has 0 spiro atoms. The van der Waals surface area contributed by atoms with E-state index in [0.717, 1.165) is 0 Å². The molecule has 0 aromatic heterocycles. The number of primary amides is 1. The third-order valence-corrected chi connectivity index (χ3v) is 2.10. The molecule has 0 bridgehead atoms. The number of esters is 1. The third kappa shape index (κ3) is 3.89. The number of hydrogen-bond donors (Lipinski definition) is 2. The zero-order chi connectivity index (χ0) is 13.7. The maximum Gasteiger partial charge on any atom is 0.338 e. The first kappa shape index (κ1) is 13.7. The Kier molecular flexibility index (Phi) is 4.42. The molecular weight excluding hydrogens is 236 g/mol. The van der Waals surface area contributed by atoms with Crippen LogP contribution in [0.2, 0.25) is 0 Å². The van der Waals surface area contributed by atoms with Gasteiger partial charge in [-0.05, 0) is 25.1 Å². The monoisotopic (exact) mass is 250 g/mol. The van der Waals surface area contributed by atoms with Gasteiger partial charge in [0.25, 0.3) is 5.91 Å². The molecule has 96 valence electrons. The van der Waals surface area contributed by atoms with Crippen LogP contribution in [0.25, 0.3) is 0 Å². The van der Waals surface area contributed by atoms with Crippen molar-refractivity contribution in [2.45, 2.75) is 20.0 Å². The molecule has 3 N–H and O–H groups in total. The van der Waals surface area contributed by atoms with Gasteiger partial charge in [0.1, 0.15) is 0 Å². The summed E-state index contributed by atoms with van der Waals surface area (Å²) < 4.78 is 4.83. The van der Waals surface area contributed by atoms with Crippen molar-refractivity contribution in [2.75, 3.05) is 5.32 Å². The lowest BCUT2D eigenvalue weighted by molar-refractivity contribution is -0.125. The van der Waals surface area contributed by atoms with Crippen molar-refractivity contribution in [3.63, 3.8) is 0 Å². The summed E-state index contributed by atoms with van der Waals surface area (Å²) in [4.78, 5) is 33.3. The second kappa shape index (κ2) is 5.81. The molecule has 0 radical (unpaired) electrons. The highest BCUT2D eigenvalue weighted by Gasteiger charge is 2.16. The predicted molar refractivity (Wildman–Crippen MR) is 64.8 cm³/mol. The number of rotatable bonds is 4. The molecule has 1 atom stereocenters. The van der Waals surface area contributed by atoms with Crippen LogP contribution in [-0.2, 0) is 14.3 Å². The Morgan fingerprint density at radius 1 is 1.33 bits per heavy atom. The molecule has 0 heterocycles. The fourth-order valence-electron chi connectivity index (χ4n) is 1.21. The molecule has 0 aliphatic carbocycles. The molecule has 0 aliphatic rings. The summed E-state index contributed by atoms with van der Waals surface area (Å²) in [5.74, 6) is -1.64. The van der Waals surface area contributed by atoms with Crippen molar-refractivity contribution in [3.05, 3.63) is 29.8 Å². The molecular formula is C12H14N2O4. The van der Waals surface area contributed by atoms with E-state index in [1.165, 1.54) is 26.0 Å². The van der Waals surface area contributed by atoms with Gasteiger partial charge < -0.3 is 15.8 Å². The van der Waals surface area contributed by atoms with Crippen molar-refractivity contribution < 1.29 is 19.1 Å². The zero-order valence-electron chi connectivity index (χ0n) is 10.1. The number of nitrogens with one attached hydrogen (secondary N) is 1. The predicted octanol–water partition coefficient (Wildman–Crippen LogP) is 0.676. The first-order valence-corrected chi connectivity index (χ1v) is 5.28. The first-order chi connectivity index (χ1) is 8.40. The molecule has 0 saturated carbocycles. The number of anilines is 1. The fraction of sp³-hybridized carbons (Fsp3) is 0.250. The lowest BCUT2D eigenvalue weighted by atomic mass is 10.2. The molecule has 0 aliphatic heterocycles. The van der Waals surface area contributed by atoms with E-state index >= 15 is 0 Å². The first-order valence-electron chi connectivity index (χ1n) is 5.28. The van der Waals surface area contributed by atoms with Crippen LogP contribution in [-0.4, -0.2) is 23.9 Å². The Hall–Kier alpha value is -2.37. The molecule has 0 unspecified atom stereocenters. The molecule has 6 nitrogen and oxygen atoms in total. The minimum atomic E-state index is -0.998. The van der Waals surface area contributed by atoms with E-state index in [-0.39, 0.29) is 11.5 Å². The molecule has 18 heavy (non-hydrogen) atoms. The average Bonchev–Trinajstić information content (AvgIpc) is 2.28. The molecule has 1 aromatic rings. The Morgan fingerprint density at radius 3 is 2.56 bits per heavy atom. The number of carbonyl (C=O) groups excluding carboxylic acids is 3. The van der Waals surface area contributed by atoms with Crippen LogP contribution >= 0.6 is 0 Å². The third-order valence-electron chi connectivity index (χ3n) is 2.10. The molecule has 0 saturated heterocycles. The number of hydrogen-bond acceptors (Lipinski definition) is 4. The normalized spacial score (nSPS) is 11.4. The second-order valence-electron chi connectivity index (χ2n) is 3.71. The van der Waals surface area contributed by atoms with Crippen LogP contribution in [0.1, 0.15) is 24.2 Å². The van der Waals surface area contributed by atoms with Gasteiger partial charge in [0.15, 0.2) is 6.10 Å². The van der Waals surface area contributed by atoms with Crippen molar-refractivity contribution >= 4 is 23.5 Å². The van der Waals surface area contributed by atoms with Crippen molar-refractivity contribution in [3.8, 4) is 0 Å². The SMILES string of the molecule is CC(=O)Nc1cccc(C(=O)O[C@H](C)C(N)=O)c1.